The fraction of sp³-hybridized carbons (Fsp3) is 0.364. The number of hydrogen-bond acceptors (Lipinski definition) is 3. The highest BCUT2D eigenvalue weighted by Crippen LogP contribution is 2.06. The average molecular weight is 237 g/mol. The Bertz CT molecular complexity index is 460. The molecule has 0 saturated heterocycles. The number of hydrogen-bond donors (Lipinski definition) is 2. The van der Waals surface area contributed by atoms with Gasteiger partial charge >= 0.3 is 5.97 Å². The van der Waals surface area contributed by atoms with E-state index in [4.69, 9.17) is 5.11 Å². The van der Waals surface area contributed by atoms with E-state index in [9.17, 15) is 9.59 Å². The molecule has 0 saturated carbocycles. The summed E-state index contributed by atoms with van der Waals surface area (Å²) in [5.74, 6) is -1.16. The molecular weight excluding hydrogens is 222 g/mol. The highest BCUT2D eigenvalue weighted by atomic mass is 16.4. The van der Waals surface area contributed by atoms with Gasteiger partial charge in [-0.1, -0.05) is 0 Å². The number of nitrogens with zero attached hydrogens (tertiary/aromatic N) is 2. The highest BCUT2D eigenvalue weighted by Gasteiger charge is 2.14. The van der Waals surface area contributed by atoms with E-state index in [0.717, 1.165) is 0 Å². The molecule has 1 heterocycles. The molecule has 6 heteroatoms. The number of rotatable bonds is 4. The second-order valence-corrected chi connectivity index (χ2v) is 4.23. The lowest BCUT2D eigenvalue weighted by atomic mass is 10.1. The summed E-state index contributed by atoms with van der Waals surface area (Å²) in [7, 11) is 0. The maximum atomic E-state index is 10.9. The van der Waals surface area contributed by atoms with Crippen LogP contribution < -0.4 is 5.32 Å². The summed E-state index contributed by atoms with van der Waals surface area (Å²) in [6.07, 6.45) is 5.98. The molecule has 2 N–H and O–H groups in total. The van der Waals surface area contributed by atoms with Crippen molar-refractivity contribution in [3.05, 3.63) is 24.0 Å². The monoisotopic (exact) mass is 237 g/mol. The zero-order valence-electron chi connectivity index (χ0n) is 9.97. The number of amides is 1. The molecule has 1 aromatic heterocycles. The molecule has 92 valence electrons. The number of aromatic nitrogens is 2. The first-order valence-electron chi connectivity index (χ1n) is 5.06. The molecule has 0 spiro atoms. The first-order chi connectivity index (χ1) is 7.80. The van der Waals surface area contributed by atoms with E-state index in [0.29, 0.717) is 0 Å². The summed E-state index contributed by atoms with van der Waals surface area (Å²) in [4.78, 5) is 21.5. The molecule has 0 fully saturated rings. The fourth-order valence-corrected chi connectivity index (χ4v) is 1.29. The standard InChI is InChI=1S/C11H15N3O3/c1-8(15)13-11(2,3)4-5-14-7-9(6-12-14)10(16)17/h4-7H,1-3H3,(H,13,15)(H,16,17)/b5-4+. The van der Waals surface area contributed by atoms with Crippen molar-refractivity contribution in [2.24, 2.45) is 0 Å². The van der Waals surface area contributed by atoms with Gasteiger partial charge in [0.25, 0.3) is 0 Å². The molecular formula is C11H15N3O3. The number of carbonyl (C=O) groups excluding carboxylic acids is 1. The molecule has 0 bridgehead atoms. The van der Waals surface area contributed by atoms with Gasteiger partial charge in [0, 0.05) is 19.3 Å². The molecule has 0 aliphatic rings. The van der Waals surface area contributed by atoms with Crippen LogP contribution in [0.1, 0.15) is 31.1 Å². The Balaban J connectivity index is 2.75. The van der Waals surface area contributed by atoms with Gasteiger partial charge in [-0.2, -0.15) is 5.10 Å². The van der Waals surface area contributed by atoms with Crippen molar-refractivity contribution >= 4 is 18.1 Å². The Morgan fingerprint density at radius 1 is 1.53 bits per heavy atom. The summed E-state index contributed by atoms with van der Waals surface area (Å²) >= 11 is 0. The quantitative estimate of drug-likeness (QED) is 0.817. The Kier molecular flexibility index (Phi) is 3.67. The predicted octanol–water partition coefficient (Wildman–Crippen LogP) is 0.967. The SMILES string of the molecule is CC(=O)NC(C)(C)/C=C/n1cc(C(=O)O)cn1. The van der Waals surface area contributed by atoms with Crippen LogP contribution >= 0.6 is 0 Å². The van der Waals surface area contributed by atoms with E-state index in [2.05, 4.69) is 10.4 Å². The molecule has 0 aromatic carbocycles. The Hall–Kier alpha value is -2.11. The van der Waals surface area contributed by atoms with Crippen LogP contribution in [0.3, 0.4) is 0 Å². The van der Waals surface area contributed by atoms with E-state index in [1.807, 2.05) is 13.8 Å². The molecule has 0 aliphatic heterocycles. The van der Waals surface area contributed by atoms with Crippen LogP contribution in [0.5, 0.6) is 0 Å². The van der Waals surface area contributed by atoms with Gasteiger partial charge in [-0.15, -0.1) is 0 Å². The van der Waals surface area contributed by atoms with Gasteiger partial charge in [-0.25, -0.2) is 9.48 Å². The summed E-state index contributed by atoms with van der Waals surface area (Å²) in [5, 5.41) is 15.3. The Morgan fingerprint density at radius 3 is 2.65 bits per heavy atom. The number of aromatic carboxylic acids is 1. The van der Waals surface area contributed by atoms with Crippen LogP contribution in [0.15, 0.2) is 18.5 Å². The van der Waals surface area contributed by atoms with Crippen LogP contribution in [-0.2, 0) is 4.79 Å². The number of carboxylic acids is 1. The van der Waals surface area contributed by atoms with Gasteiger partial charge in [-0.3, -0.25) is 4.79 Å². The van der Waals surface area contributed by atoms with Crippen LogP contribution in [0.4, 0.5) is 0 Å². The van der Waals surface area contributed by atoms with Gasteiger partial charge in [0.2, 0.25) is 5.91 Å². The lowest BCUT2D eigenvalue weighted by Gasteiger charge is -2.20. The van der Waals surface area contributed by atoms with Crippen LogP contribution in [0, 0.1) is 0 Å². The molecule has 1 aromatic rings. The molecule has 1 amide bonds. The lowest BCUT2D eigenvalue weighted by molar-refractivity contribution is -0.120. The minimum absolute atomic E-state index is 0.118. The summed E-state index contributed by atoms with van der Waals surface area (Å²) in [6, 6.07) is 0. The predicted molar refractivity (Wildman–Crippen MR) is 62.4 cm³/mol. The molecule has 0 aliphatic carbocycles. The highest BCUT2D eigenvalue weighted by molar-refractivity contribution is 5.87. The smallest absolute Gasteiger partial charge is 0.338 e. The van der Waals surface area contributed by atoms with E-state index >= 15 is 0 Å². The third-order valence-corrected chi connectivity index (χ3v) is 1.99. The zero-order valence-corrected chi connectivity index (χ0v) is 9.97. The molecule has 1 rings (SSSR count). The molecule has 0 unspecified atom stereocenters. The zero-order chi connectivity index (χ0) is 13.1. The van der Waals surface area contributed by atoms with Crippen molar-refractivity contribution in [3.63, 3.8) is 0 Å². The van der Waals surface area contributed by atoms with Crippen molar-refractivity contribution < 1.29 is 14.7 Å². The van der Waals surface area contributed by atoms with E-state index < -0.39 is 11.5 Å². The van der Waals surface area contributed by atoms with Crippen LogP contribution in [0.25, 0.3) is 6.20 Å². The topological polar surface area (TPSA) is 84.2 Å². The van der Waals surface area contributed by atoms with Gasteiger partial charge in [-0.05, 0) is 19.9 Å². The largest absolute Gasteiger partial charge is 0.478 e. The second-order valence-electron chi connectivity index (χ2n) is 4.23. The normalized spacial score (nSPS) is 11.7. The van der Waals surface area contributed by atoms with Crippen LogP contribution in [-0.4, -0.2) is 32.3 Å². The van der Waals surface area contributed by atoms with Gasteiger partial charge < -0.3 is 10.4 Å². The maximum Gasteiger partial charge on any atom is 0.338 e. The third-order valence-electron chi connectivity index (χ3n) is 1.99. The van der Waals surface area contributed by atoms with Crippen molar-refractivity contribution in [1.82, 2.24) is 15.1 Å². The lowest BCUT2D eigenvalue weighted by Crippen LogP contribution is -2.40. The molecule has 0 atom stereocenters. The minimum Gasteiger partial charge on any atom is -0.478 e. The van der Waals surface area contributed by atoms with Gasteiger partial charge in [0.1, 0.15) is 0 Å². The summed E-state index contributed by atoms with van der Waals surface area (Å²) < 4.78 is 1.38. The van der Waals surface area contributed by atoms with Crippen molar-refractivity contribution in [1.29, 1.82) is 0 Å². The summed E-state index contributed by atoms with van der Waals surface area (Å²) in [6.45, 7) is 5.09. The van der Waals surface area contributed by atoms with Crippen molar-refractivity contribution in [3.8, 4) is 0 Å². The third kappa shape index (κ3) is 4.10. The number of carbonyl (C=O) groups is 2. The van der Waals surface area contributed by atoms with E-state index in [-0.39, 0.29) is 11.5 Å². The average Bonchev–Trinajstić information content (AvgIpc) is 2.61. The first kappa shape index (κ1) is 13.0. The number of nitrogens with one attached hydrogen (secondary N) is 1. The summed E-state index contributed by atoms with van der Waals surface area (Å²) in [5.41, 5.74) is -0.395. The second kappa shape index (κ2) is 4.82. The van der Waals surface area contributed by atoms with E-state index in [1.165, 1.54) is 24.0 Å². The Morgan fingerprint density at radius 2 is 2.18 bits per heavy atom. The number of carboxylic acid groups (broad SMARTS) is 1. The molecule has 17 heavy (non-hydrogen) atoms. The van der Waals surface area contributed by atoms with Gasteiger partial charge in [0.15, 0.2) is 0 Å². The van der Waals surface area contributed by atoms with Gasteiger partial charge in [0.05, 0.1) is 17.3 Å². The fourth-order valence-electron chi connectivity index (χ4n) is 1.29. The molecule has 0 radical (unpaired) electrons. The van der Waals surface area contributed by atoms with Crippen LogP contribution in [0.2, 0.25) is 0 Å². The van der Waals surface area contributed by atoms with Crippen molar-refractivity contribution in [2.75, 3.05) is 0 Å². The first-order valence-corrected chi connectivity index (χ1v) is 5.06. The molecule has 6 nitrogen and oxygen atoms in total. The van der Waals surface area contributed by atoms with E-state index in [1.54, 1.807) is 12.3 Å². The Labute approximate surface area is 98.9 Å². The van der Waals surface area contributed by atoms with Crippen molar-refractivity contribution in [2.45, 2.75) is 26.3 Å². The minimum atomic E-state index is -1.02. The maximum absolute atomic E-state index is 10.9.